The van der Waals surface area contributed by atoms with Gasteiger partial charge in [-0.05, 0) is 71.0 Å². The largest absolute Gasteiger partial charge is 0.486 e. The molecule has 0 spiro atoms. The van der Waals surface area contributed by atoms with Crippen molar-refractivity contribution >= 4 is 51.9 Å². The lowest BCUT2D eigenvalue weighted by Gasteiger charge is -2.26. The van der Waals surface area contributed by atoms with Gasteiger partial charge in [0.15, 0.2) is 0 Å². The van der Waals surface area contributed by atoms with Crippen LogP contribution in [-0.2, 0) is 13.2 Å². The summed E-state index contributed by atoms with van der Waals surface area (Å²) in [6.45, 7) is 2.80. The van der Waals surface area contributed by atoms with Crippen molar-refractivity contribution in [2.75, 3.05) is 4.90 Å². The second kappa shape index (κ2) is 8.05. The molecule has 0 amide bonds. The van der Waals surface area contributed by atoms with E-state index in [2.05, 4.69) is 37.5 Å². The van der Waals surface area contributed by atoms with Crippen molar-refractivity contribution in [3.8, 4) is 5.75 Å². The SMILES string of the molecule is Cc1cc(I)c(OCc2ncccc2F)cc1N1C=Nc2cc(Cl)ccc2C1. The Hall–Kier alpha value is -2.19. The monoisotopic (exact) mass is 507 g/mol. The molecule has 1 aromatic heterocycles. The molecule has 0 fully saturated rings. The van der Waals surface area contributed by atoms with Crippen LogP contribution in [0.25, 0.3) is 0 Å². The molecular weight excluding hydrogens is 492 g/mol. The molecule has 0 bridgehead atoms. The third kappa shape index (κ3) is 3.98. The van der Waals surface area contributed by atoms with E-state index in [1.54, 1.807) is 18.6 Å². The third-order valence-electron chi connectivity index (χ3n) is 4.48. The summed E-state index contributed by atoms with van der Waals surface area (Å²) in [6.07, 6.45) is 3.36. The van der Waals surface area contributed by atoms with Crippen LogP contribution in [-0.4, -0.2) is 11.3 Å². The van der Waals surface area contributed by atoms with E-state index in [0.29, 0.717) is 17.3 Å². The van der Waals surface area contributed by atoms with Crippen molar-refractivity contribution in [1.29, 1.82) is 0 Å². The van der Waals surface area contributed by atoms with E-state index < -0.39 is 0 Å². The Labute approximate surface area is 181 Å². The summed E-state index contributed by atoms with van der Waals surface area (Å²) in [5.74, 6) is 0.310. The van der Waals surface area contributed by atoms with Gasteiger partial charge in [0, 0.05) is 23.0 Å². The number of fused-ring (bicyclic) bond motifs is 1. The molecular formula is C21H16ClFIN3O. The standard InChI is InChI=1S/C21H16ClFIN3O/c1-13-7-17(24)21(28-11-19-16(23)3-2-6-25-19)9-20(13)27-10-14-4-5-15(22)8-18(14)26-12-27/h2-9,12H,10-11H2,1H3. The van der Waals surface area contributed by atoms with Gasteiger partial charge >= 0.3 is 0 Å². The number of benzene rings is 2. The molecule has 1 aliphatic heterocycles. The Morgan fingerprint density at radius 1 is 1.25 bits per heavy atom. The first-order chi connectivity index (χ1) is 13.5. The normalized spacial score (nSPS) is 12.8. The van der Waals surface area contributed by atoms with Crippen LogP contribution in [0.2, 0.25) is 5.02 Å². The molecule has 28 heavy (non-hydrogen) atoms. The van der Waals surface area contributed by atoms with E-state index in [1.807, 2.05) is 37.3 Å². The van der Waals surface area contributed by atoms with Crippen LogP contribution in [0.5, 0.6) is 5.75 Å². The number of aliphatic imine (C=N–C) groups is 1. The van der Waals surface area contributed by atoms with Gasteiger partial charge in [0.05, 0.1) is 22.1 Å². The first-order valence-corrected chi connectivity index (χ1v) is 10.1. The average molecular weight is 508 g/mol. The number of pyridine rings is 1. The summed E-state index contributed by atoms with van der Waals surface area (Å²) in [4.78, 5) is 10.6. The second-order valence-corrected chi connectivity index (χ2v) is 8.03. The number of hydrogen-bond acceptors (Lipinski definition) is 4. The number of ether oxygens (including phenoxy) is 1. The zero-order valence-electron chi connectivity index (χ0n) is 15.0. The molecule has 7 heteroatoms. The molecule has 2 heterocycles. The molecule has 0 saturated carbocycles. The molecule has 0 N–H and O–H groups in total. The minimum Gasteiger partial charge on any atom is -0.486 e. The van der Waals surface area contributed by atoms with Gasteiger partial charge in [-0.15, -0.1) is 0 Å². The Kier molecular flexibility index (Phi) is 5.50. The highest BCUT2D eigenvalue weighted by molar-refractivity contribution is 14.1. The number of nitrogens with zero attached hydrogens (tertiary/aromatic N) is 3. The molecule has 4 nitrogen and oxygen atoms in total. The summed E-state index contributed by atoms with van der Waals surface area (Å²) in [5, 5.41) is 0.673. The smallest absolute Gasteiger partial charge is 0.148 e. The maximum Gasteiger partial charge on any atom is 0.148 e. The molecule has 0 aliphatic carbocycles. The quantitative estimate of drug-likeness (QED) is 0.404. The Morgan fingerprint density at radius 3 is 2.93 bits per heavy atom. The average Bonchev–Trinajstić information content (AvgIpc) is 2.68. The van der Waals surface area contributed by atoms with Gasteiger partial charge in [-0.3, -0.25) is 4.98 Å². The fourth-order valence-electron chi connectivity index (χ4n) is 3.03. The van der Waals surface area contributed by atoms with Crippen molar-refractivity contribution in [2.45, 2.75) is 20.1 Å². The van der Waals surface area contributed by atoms with Crippen molar-refractivity contribution in [2.24, 2.45) is 4.99 Å². The number of aromatic nitrogens is 1. The summed E-state index contributed by atoms with van der Waals surface area (Å²) < 4.78 is 20.6. The van der Waals surface area contributed by atoms with E-state index in [4.69, 9.17) is 16.3 Å². The van der Waals surface area contributed by atoms with Crippen LogP contribution < -0.4 is 9.64 Å². The number of hydrogen-bond donors (Lipinski definition) is 0. The van der Waals surface area contributed by atoms with Crippen molar-refractivity contribution < 1.29 is 9.13 Å². The summed E-state index contributed by atoms with van der Waals surface area (Å²) in [7, 11) is 0. The lowest BCUT2D eigenvalue weighted by atomic mass is 10.1. The molecule has 3 aromatic rings. The first kappa shape index (κ1) is 19.1. The van der Waals surface area contributed by atoms with Gasteiger partial charge < -0.3 is 9.64 Å². The van der Waals surface area contributed by atoms with E-state index in [0.717, 1.165) is 26.1 Å². The molecule has 1 aliphatic rings. The van der Waals surface area contributed by atoms with Gasteiger partial charge in [0.1, 0.15) is 23.9 Å². The van der Waals surface area contributed by atoms with E-state index in [1.165, 1.54) is 6.07 Å². The van der Waals surface area contributed by atoms with Crippen molar-refractivity contribution in [3.05, 3.63) is 79.9 Å². The van der Waals surface area contributed by atoms with Gasteiger partial charge in [0.2, 0.25) is 0 Å². The van der Waals surface area contributed by atoms with Crippen LogP contribution in [0.15, 0.2) is 53.7 Å². The minimum absolute atomic E-state index is 0.0700. The molecule has 0 radical (unpaired) electrons. The Morgan fingerprint density at radius 2 is 2.11 bits per heavy atom. The third-order valence-corrected chi connectivity index (χ3v) is 5.56. The minimum atomic E-state index is -0.372. The number of rotatable bonds is 4. The summed E-state index contributed by atoms with van der Waals surface area (Å²) >= 11 is 8.28. The zero-order valence-corrected chi connectivity index (χ0v) is 17.9. The maximum absolute atomic E-state index is 13.8. The maximum atomic E-state index is 13.8. The highest BCUT2D eigenvalue weighted by Crippen LogP contribution is 2.35. The molecule has 0 atom stereocenters. The Balaban J connectivity index is 1.59. The highest BCUT2D eigenvalue weighted by atomic mass is 127. The number of aryl methyl sites for hydroxylation is 1. The number of anilines is 1. The van der Waals surface area contributed by atoms with Gasteiger partial charge in [-0.1, -0.05) is 17.7 Å². The van der Waals surface area contributed by atoms with Gasteiger partial charge in [0.25, 0.3) is 0 Å². The number of halogens is 3. The van der Waals surface area contributed by atoms with E-state index in [-0.39, 0.29) is 18.1 Å². The summed E-state index contributed by atoms with van der Waals surface area (Å²) in [6, 6.07) is 12.7. The highest BCUT2D eigenvalue weighted by Gasteiger charge is 2.18. The van der Waals surface area contributed by atoms with E-state index >= 15 is 0 Å². The second-order valence-electron chi connectivity index (χ2n) is 6.44. The van der Waals surface area contributed by atoms with Crippen molar-refractivity contribution in [3.63, 3.8) is 0 Å². The van der Waals surface area contributed by atoms with Crippen LogP contribution >= 0.6 is 34.2 Å². The molecule has 4 rings (SSSR count). The summed E-state index contributed by atoms with van der Waals surface area (Å²) in [5.41, 5.74) is 4.36. The lowest BCUT2D eigenvalue weighted by Crippen LogP contribution is -2.24. The molecule has 0 unspecified atom stereocenters. The fraction of sp³-hybridized carbons (Fsp3) is 0.143. The topological polar surface area (TPSA) is 37.7 Å². The van der Waals surface area contributed by atoms with Crippen LogP contribution in [0, 0.1) is 16.3 Å². The van der Waals surface area contributed by atoms with Gasteiger partial charge in [-0.2, -0.15) is 0 Å². The molecule has 142 valence electrons. The van der Waals surface area contributed by atoms with Crippen LogP contribution in [0.3, 0.4) is 0 Å². The predicted molar refractivity (Wildman–Crippen MR) is 118 cm³/mol. The van der Waals surface area contributed by atoms with Crippen molar-refractivity contribution in [1.82, 2.24) is 4.98 Å². The van der Waals surface area contributed by atoms with Crippen LogP contribution in [0.4, 0.5) is 15.8 Å². The predicted octanol–water partition coefficient (Wildman–Crippen LogP) is 6.05. The molecule has 2 aromatic carbocycles. The zero-order chi connectivity index (χ0) is 19.7. The Bertz CT molecular complexity index is 1070. The van der Waals surface area contributed by atoms with Crippen LogP contribution in [0.1, 0.15) is 16.8 Å². The first-order valence-electron chi connectivity index (χ1n) is 8.63. The fourth-order valence-corrected chi connectivity index (χ4v) is 3.97. The van der Waals surface area contributed by atoms with Gasteiger partial charge in [-0.25, -0.2) is 9.38 Å². The lowest BCUT2D eigenvalue weighted by molar-refractivity contribution is 0.292. The molecule has 0 saturated heterocycles. The van der Waals surface area contributed by atoms with E-state index in [9.17, 15) is 4.39 Å².